The molecule has 1 fully saturated rings. The Bertz CT molecular complexity index is 1160. The highest BCUT2D eigenvalue weighted by atomic mass is 28.4. The van der Waals surface area contributed by atoms with E-state index in [1.165, 1.54) is 0 Å². The SMILES string of the molecule is CC(C)(C)[Si](C)(C)O[C@H](CC(O)CO)[C@H](CNC(=O)C(F)(F)F)N1CN(Cc2ccccc2)C(=O)N(Cc2ccccc2)C1. The summed E-state index contributed by atoms with van der Waals surface area (Å²) in [5.74, 6) is -2.09. The van der Waals surface area contributed by atoms with E-state index in [4.69, 9.17) is 4.43 Å². The molecule has 1 aliphatic rings. The molecule has 1 heterocycles. The van der Waals surface area contributed by atoms with Crippen molar-refractivity contribution in [3.63, 3.8) is 0 Å². The minimum absolute atomic E-state index is 0.0398. The third-order valence-corrected chi connectivity index (χ3v) is 12.8. The smallest absolute Gasteiger partial charge is 0.412 e. The zero-order valence-electron chi connectivity index (χ0n) is 26.1. The lowest BCUT2D eigenvalue weighted by atomic mass is 10.0. The number of aliphatic hydroxyl groups is 2. The number of amides is 3. The first-order valence-corrected chi connectivity index (χ1v) is 17.6. The van der Waals surface area contributed by atoms with Gasteiger partial charge in [0.05, 0.1) is 38.2 Å². The summed E-state index contributed by atoms with van der Waals surface area (Å²) < 4.78 is 46.6. The monoisotopic (exact) mass is 638 g/mol. The highest BCUT2D eigenvalue weighted by Crippen LogP contribution is 2.39. The van der Waals surface area contributed by atoms with Crippen molar-refractivity contribution in [2.75, 3.05) is 26.5 Å². The van der Waals surface area contributed by atoms with Gasteiger partial charge in [0.25, 0.3) is 0 Å². The normalized spacial score (nSPS) is 17.4. The number of aliphatic hydroxyl groups excluding tert-OH is 2. The highest BCUT2D eigenvalue weighted by molar-refractivity contribution is 6.74. The summed E-state index contributed by atoms with van der Waals surface area (Å²) in [6.07, 6.45) is -7.27. The van der Waals surface area contributed by atoms with Crippen LogP contribution in [0.15, 0.2) is 60.7 Å². The Kier molecular flexibility index (Phi) is 12.0. The molecule has 44 heavy (non-hydrogen) atoms. The lowest BCUT2D eigenvalue weighted by Crippen LogP contribution is -2.65. The fourth-order valence-corrected chi connectivity index (χ4v) is 6.20. The molecule has 2 aromatic carbocycles. The standard InChI is InChI=1S/C31H45F3N4O5Si/c1-30(2,3)44(4,5)43-27(16-25(40)20-39)26(17-35-28(41)31(32,33)34)38-21-36(18-23-12-8-6-9-13-23)29(42)37(22-38)19-24-14-10-7-11-15-24/h6-15,25-27,39-40H,16-22H2,1-5H3,(H,35,41)/t25?,26-,27+/m0/s1. The molecule has 1 saturated heterocycles. The van der Waals surface area contributed by atoms with Crippen LogP contribution < -0.4 is 5.32 Å². The summed E-state index contributed by atoms with van der Waals surface area (Å²) in [6.45, 7) is 9.56. The topological polar surface area (TPSA) is 106 Å². The van der Waals surface area contributed by atoms with Gasteiger partial charge in [-0.1, -0.05) is 81.4 Å². The number of nitrogens with zero attached hydrogens (tertiary/aromatic N) is 3. The van der Waals surface area contributed by atoms with Crippen LogP contribution in [0, 0.1) is 0 Å². The molecule has 13 heteroatoms. The first-order chi connectivity index (χ1) is 20.5. The molecule has 0 bridgehead atoms. The van der Waals surface area contributed by atoms with Crippen molar-refractivity contribution in [1.82, 2.24) is 20.0 Å². The molecule has 3 N–H and O–H groups in total. The van der Waals surface area contributed by atoms with Gasteiger partial charge in [-0.2, -0.15) is 13.2 Å². The second kappa shape index (κ2) is 14.9. The average molecular weight is 639 g/mol. The number of nitrogens with one attached hydrogen (secondary N) is 1. The van der Waals surface area contributed by atoms with E-state index >= 15 is 0 Å². The van der Waals surface area contributed by atoms with Crippen LogP contribution in [0.3, 0.4) is 0 Å². The molecule has 0 saturated carbocycles. The van der Waals surface area contributed by atoms with Gasteiger partial charge in [-0.15, -0.1) is 0 Å². The van der Waals surface area contributed by atoms with Crippen LogP contribution in [-0.4, -0.2) is 96.1 Å². The number of halogens is 3. The Morgan fingerprint density at radius 2 is 1.43 bits per heavy atom. The molecule has 3 atom stereocenters. The average Bonchev–Trinajstić information content (AvgIpc) is 2.95. The van der Waals surface area contributed by atoms with Crippen molar-refractivity contribution in [3.8, 4) is 0 Å². The number of hydrogen-bond donors (Lipinski definition) is 3. The maximum atomic E-state index is 13.8. The Morgan fingerprint density at radius 1 is 0.955 bits per heavy atom. The molecular weight excluding hydrogens is 593 g/mol. The van der Waals surface area contributed by atoms with E-state index in [0.29, 0.717) is 0 Å². The largest absolute Gasteiger partial charge is 0.471 e. The van der Waals surface area contributed by atoms with Crippen LogP contribution in [0.25, 0.3) is 0 Å². The molecule has 2 aromatic rings. The fourth-order valence-electron chi connectivity index (χ4n) is 4.83. The molecule has 0 aromatic heterocycles. The van der Waals surface area contributed by atoms with Gasteiger partial charge in [0, 0.05) is 26.1 Å². The maximum Gasteiger partial charge on any atom is 0.471 e. The van der Waals surface area contributed by atoms with Crippen molar-refractivity contribution >= 4 is 20.3 Å². The van der Waals surface area contributed by atoms with Crippen LogP contribution in [0.5, 0.6) is 0 Å². The number of alkyl halides is 3. The van der Waals surface area contributed by atoms with Gasteiger partial charge in [-0.05, 0) is 29.3 Å². The predicted octanol–water partition coefficient (Wildman–Crippen LogP) is 4.52. The van der Waals surface area contributed by atoms with E-state index in [0.717, 1.165) is 11.1 Å². The second-order valence-electron chi connectivity index (χ2n) is 12.8. The van der Waals surface area contributed by atoms with Gasteiger partial charge in [-0.25, -0.2) is 4.79 Å². The van der Waals surface area contributed by atoms with Crippen LogP contribution in [0.1, 0.15) is 38.3 Å². The minimum Gasteiger partial charge on any atom is -0.412 e. The van der Waals surface area contributed by atoms with Crippen molar-refractivity contribution in [3.05, 3.63) is 71.8 Å². The molecule has 9 nitrogen and oxygen atoms in total. The van der Waals surface area contributed by atoms with Gasteiger partial charge in [-0.3, -0.25) is 9.69 Å². The van der Waals surface area contributed by atoms with Crippen LogP contribution >= 0.6 is 0 Å². The molecule has 3 amide bonds. The van der Waals surface area contributed by atoms with Crippen LogP contribution in [-0.2, 0) is 22.3 Å². The highest BCUT2D eigenvalue weighted by Gasteiger charge is 2.45. The van der Waals surface area contributed by atoms with Crippen molar-refractivity contribution in [2.24, 2.45) is 0 Å². The predicted molar refractivity (Wildman–Crippen MR) is 164 cm³/mol. The van der Waals surface area contributed by atoms with Gasteiger partial charge in [0.1, 0.15) is 0 Å². The lowest BCUT2D eigenvalue weighted by Gasteiger charge is -2.49. The van der Waals surface area contributed by atoms with Gasteiger partial charge in [0.15, 0.2) is 8.32 Å². The van der Waals surface area contributed by atoms with Crippen LogP contribution in [0.2, 0.25) is 18.1 Å². The Morgan fingerprint density at radius 3 is 1.84 bits per heavy atom. The fraction of sp³-hybridized carbons (Fsp3) is 0.548. The van der Waals surface area contributed by atoms with E-state index in [-0.39, 0.29) is 43.9 Å². The van der Waals surface area contributed by atoms with E-state index in [1.807, 2.05) is 105 Å². The number of urea groups is 1. The maximum absolute atomic E-state index is 13.8. The van der Waals surface area contributed by atoms with Crippen molar-refractivity contribution in [2.45, 2.75) is 82.8 Å². The second-order valence-corrected chi connectivity index (χ2v) is 17.5. The summed E-state index contributed by atoms with van der Waals surface area (Å²) >= 11 is 0. The summed E-state index contributed by atoms with van der Waals surface area (Å²) in [4.78, 5) is 30.8. The van der Waals surface area contributed by atoms with E-state index < -0.39 is 51.8 Å². The van der Waals surface area contributed by atoms with E-state index in [2.05, 4.69) is 0 Å². The third kappa shape index (κ3) is 9.76. The zero-order chi connectivity index (χ0) is 32.7. The first-order valence-electron chi connectivity index (χ1n) is 14.7. The number of rotatable bonds is 13. The first kappa shape index (κ1) is 35.5. The van der Waals surface area contributed by atoms with E-state index in [1.54, 1.807) is 9.80 Å². The van der Waals surface area contributed by atoms with E-state index in [9.17, 15) is 33.0 Å². The molecule has 0 spiro atoms. The van der Waals surface area contributed by atoms with Crippen molar-refractivity contribution < 1.29 is 37.4 Å². The van der Waals surface area contributed by atoms with Gasteiger partial charge < -0.3 is 29.8 Å². The molecule has 3 rings (SSSR count). The zero-order valence-corrected chi connectivity index (χ0v) is 27.1. The molecule has 244 valence electrons. The number of benzene rings is 2. The Balaban J connectivity index is 2.05. The molecule has 0 radical (unpaired) electrons. The van der Waals surface area contributed by atoms with Gasteiger partial charge in [0.2, 0.25) is 0 Å². The third-order valence-electron chi connectivity index (χ3n) is 8.27. The lowest BCUT2D eigenvalue weighted by molar-refractivity contribution is -0.174. The van der Waals surface area contributed by atoms with Crippen LogP contribution in [0.4, 0.5) is 18.0 Å². The molecule has 1 aliphatic heterocycles. The molecule has 0 aliphatic carbocycles. The summed E-state index contributed by atoms with van der Waals surface area (Å²) in [5.41, 5.74) is 1.74. The Labute approximate surface area is 258 Å². The summed E-state index contributed by atoms with van der Waals surface area (Å²) in [6, 6.07) is 17.6. The number of hydrogen-bond acceptors (Lipinski definition) is 6. The van der Waals surface area contributed by atoms with Crippen molar-refractivity contribution in [1.29, 1.82) is 0 Å². The molecular formula is C31H45F3N4O5Si. The number of carbonyl (C=O) groups excluding carboxylic acids is 2. The minimum atomic E-state index is -5.10. The summed E-state index contributed by atoms with van der Waals surface area (Å²) in [7, 11) is -2.58. The molecule has 1 unspecified atom stereocenters. The quantitative estimate of drug-likeness (QED) is 0.279. The summed E-state index contributed by atoms with van der Waals surface area (Å²) in [5, 5.41) is 22.0. The number of carbonyl (C=O) groups is 2. The van der Waals surface area contributed by atoms with Gasteiger partial charge >= 0.3 is 18.1 Å². The Hall–Kier alpha value is -2.97.